The van der Waals surface area contributed by atoms with Crippen molar-refractivity contribution in [2.45, 2.75) is 27.3 Å². The minimum absolute atomic E-state index is 0.113. The van der Waals surface area contributed by atoms with Crippen LogP contribution in [0.5, 0.6) is 0 Å². The van der Waals surface area contributed by atoms with Gasteiger partial charge in [-0.1, -0.05) is 11.2 Å². The predicted molar refractivity (Wildman–Crippen MR) is 115 cm³/mol. The molecule has 0 aliphatic carbocycles. The molecule has 1 saturated heterocycles. The van der Waals surface area contributed by atoms with Crippen LogP contribution in [0.3, 0.4) is 0 Å². The van der Waals surface area contributed by atoms with Gasteiger partial charge in [-0.2, -0.15) is 0 Å². The van der Waals surface area contributed by atoms with E-state index >= 15 is 0 Å². The van der Waals surface area contributed by atoms with Crippen LogP contribution in [0.2, 0.25) is 0 Å². The van der Waals surface area contributed by atoms with Gasteiger partial charge >= 0.3 is 0 Å². The quantitative estimate of drug-likeness (QED) is 0.699. The molecular formula is C22H28N6O2. The fourth-order valence-corrected chi connectivity index (χ4v) is 3.83. The number of amides is 1. The maximum absolute atomic E-state index is 12.8. The van der Waals surface area contributed by atoms with Crippen molar-refractivity contribution < 1.29 is 9.32 Å². The van der Waals surface area contributed by atoms with Crippen molar-refractivity contribution >= 4 is 11.7 Å². The molecule has 4 rings (SSSR count). The highest BCUT2D eigenvalue weighted by molar-refractivity contribution is 5.95. The van der Waals surface area contributed by atoms with Gasteiger partial charge in [-0.3, -0.25) is 9.36 Å². The molecule has 0 spiro atoms. The van der Waals surface area contributed by atoms with Crippen molar-refractivity contribution in [1.29, 1.82) is 0 Å². The summed E-state index contributed by atoms with van der Waals surface area (Å²) in [6, 6.07) is 7.80. The first-order valence-corrected chi connectivity index (χ1v) is 10.2. The zero-order valence-corrected chi connectivity index (χ0v) is 18.0. The van der Waals surface area contributed by atoms with E-state index in [0.29, 0.717) is 17.9 Å². The Morgan fingerprint density at radius 2 is 1.87 bits per heavy atom. The zero-order chi connectivity index (χ0) is 21.3. The summed E-state index contributed by atoms with van der Waals surface area (Å²) in [6.07, 6.45) is 1.84. The topological polar surface area (TPSA) is 79.4 Å². The maximum Gasteiger partial charge on any atom is 0.253 e. The number of piperazine rings is 1. The standard InChI is InChI=1S/C22H28N6O2/c1-15-11-19(17(3)28(15)21-12-16(2)30-25-21)22(29)24-14-18-5-6-20(23-13-18)27-9-7-26(4)8-10-27/h5-6,11-13H,7-10,14H2,1-4H3,(H,24,29). The van der Waals surface area contributed by atoms with Crippen LogP contribution in [0.25, 0.3) is 5.82 Å². The van der Waals surface area contributed by atoms with E-state index < -0.39 is 0 Å². The molecule has 8 nitrogen and oxygen atoms in total. The van der Waals surface area contributed by atoms with E-state index in [1.807, 2.05) is 55.8 Å². The Kier molecular flexibility index (Phi) is 5.59. The molecule has 0 atom stereocenters. The van der Waals surface area contributed by atoms with Gasteiger partial charge in [0.05, 0.1) is 5.56 Å². The average molecular weight is 409 g/mol. The fourth-order valence-electron chi connectivity index (χ4n) is 3.83. The van der Waals surface area contributed by atoms with Crippen LogP contribution in [0.1, 0.15) is 33.1 Å². The summed E-state index contributed by atoms with van der Waals surface area (Å²) < 4.78 is 7.11. The summed E-state index contributed by atoms with van der Waals surface area (Å²) in [6.45, 7) is 10.2. The minimum atomic E-state index is -0.113. The van der Waals surface area contributed by atoms with Crippen LogP contribution >= 0.6 is 0 Å². The van der Waals surface area contributed by atoms with Crippen molar-refractivity contribution in [3.63, 3.8) is 0 Å². The Labute approximate surface area is 176 Å². The molecule has 3 aromatic rings. The largest absolute Gasteiger partial charge is 0.360 e. The second-order valence-corrected chi connectivity index (χ2v) is 7.91. The molecule has 1 aliphatic heterocycles. The Bertz CT molecular complexity index is 1030. The Hall–Kier alpha value is -3.13. The average Bonchev–Trinajstić information content (AvgIpc) is 3.29. The monoisotopic (exact) mass is 408 g/mol. The molecule has 1 fully saturated rings. The molecule has 3 aromatic heterocycles. The van der Waals surface area contributed by atoms with Gasteiger partial charge in [-0.25, -0.2) is 4.98 Å². The lowest BCUT2D eigenvalue weighted by Gasteiger charge is -2.33. The molecule has 0 aromatic carbocycles. The summed E-state index contributed by atoms with van der Waals surface area (Å²) in [4.78, 5) is 22.0. The zero-order valence-electron chi connectivity index (χ0n) is 18.0. The van der Waals surface area contributed by atoms with Crippen LogP contribution in [0, 0.1) is 20.8 Å². The number of nitrogens with one attached hydrogen (secondary N) is 1. The fraction of sp³-hybridized carbons (Fsp3) is 0.409. The van der Waals surface area contributed by atoms with Gasteiger partial charge in [0.25, 0.3) is 5.91 Å². The lowest BCUT2D eigenvalue weighted by Crippen LogP contribution is -2.44. The van der Waals surface area contributed by atoms with Crippen molar-refractivity contribution in [3.05, 3.63) is 58.7 Å². The van der Waals surface area contributed by atoms with Gasteiger partial charge in [0.15, 0.2) is 5.82 Å². The molecule has 1 aliphatic rings. The van der Waals surface area contributed by atoms with E-state index in [1.54, 1.807) is 0 Å². The number of hydrogen-bond donors (Lipinski definition) is 1. The van der Waals surface area contributed by atoms with E-state index in [1.165, 1.54) is 0 Å². The molecule has 0 unspecified atom stereocenters. The Morgan fingerprint density at radius 3 is 2.50 bits per heavy atom. The predicted octanol–water partition coefficient (Wildman–Crippen LogP) is 2.47. The van der Waals surface area contributed by atoms with Gasteiger partial charge < -0.3 is 19.6 Å². The van der Waals surface area contributed by atoms with E-state index in [2.05, 4.69) is 32.3 Å². The molecular weight excluding hydrogens is 380 g/mol. The van der Waals surface area contributed by atoms with Crippen LogP contribution in [0.4, 0.5) is 5.82 Å². The number of nitrogens with zero attached hydrogens (tertiary/aromatic N) is 5. The number of rotatable bonds is 5. The smallest absolute Gasteiger partial charge is 0.253 e. The summed E-state index contributed by atoms with van der Waals surface area (Å²) in [5, 5.41) is 7.07. The van der Waals surface area contributed by atoms with Crippen LogP contribution < -0.4 is 10.2 Å². The molecule has 0 radical (unpaired) electrons. The maximum atomic E-state index is 12.8. The van der Waals surface area contributed by atoms with Crippen LogP contribution in [-0.4, -0.2) is 58.7 Å². The van der Waals surface area contributed by atoms with Gasteiger partial charge in [-0.05, 0) is 45.5 Å². The lowest BCUT2D eigenvalue weighted by atomic mass is 10.2. The van der Waals surface area contributed by atoms with Gasteiger partial charge in [0.1, 0.15) is 11.6 Å². The molecule has 1 amide bonds. The first-order chi connectivity index (χ1) is 14.4. The molecule has 30 heavy (non-hydrogen) atoms. The number of hydrogen-bond acceptors (Lipinski definition) is 6. The third-order valence-corrected chi connectivity index (χ3v) is 5.61. The third kappa shape index (κ3) is 4.09. The Balaban J connectivity index is 1.40. The minimum Gasteiger partial charge on any atom is -0.360 e. The SMILES string of the molecule is Cc1cc(-n2c(C)cc(C(=O)NCc3ccc(N4CCN(C)CC4)nc3)c2C)no1. The van der Waals surface area contributed by atoms with E-state index in [4.69, 9.17) is 4.52 Å². The van der Waals surface area contributed by atoms with Crippen LogP contribution in [-0.2, 0) is 6.54 Å². The number of likely N-dealkylation sites (N-methyl/N-ethyl adjacent to an activating group) is 1. The van der Waals surface area contributed by atoms with Crippen molar-refractivity contribution in [2.75, 3.05) is 38.1 Å². The van der Waals surface area contributed by atoms with Gasteiger partial charge in [0, 0.05) is 56.4 Å². The molecule has 0 bridgehead atoms. The normalized spacial score (nSPS) is 14.9. The van der Waals surface area contributed by atoms with E-state index in [0.717, 1.165) is 54.7 Å². The first-order valence-electron chi connectivity index (χ1n) is 10.2. The lowest BCUT2D eigenvalue weighted by molar-refractivity contribution is 0.0950. The molecule has 0 saturated carbocycles. The van der Waals surface area contributed by atoms with Crippen LogP contribution in [0.15, 0.2) is 35.0 Å². The Morgan fingerprint density at radius 1 is 1.10 bits per heavy atom. The number of aryl methyl sites for hydroxylation is 2. The summed E-state index contributed by atoms with van der Waals surface area (Å²) >= 11 is 0. The number of aromatic nitrogens is 3. The van der Waals surface area contributed by atoms with Crippen molar-refractivity contribution in [3.8, 4) is 5.82 Å². The third-order valence-electron chi connectivity index (χ3n) is 5.61. The number of pyridine rings is 1. The molecule has 4 heterocycles. The highest BCUT2D eigenvalue weighted by Gasteiger charge is 2.19. The highest BCUT2D eigenvalue weighted by Crippen LogP contribution is 2.21. The number of anilines is 1. The number of carbonyl (C=O) groups is 1. The van der Waals surface area contributed by atoms with Gasteiger partial charge in [-0.15, -0.1) is 0 Å². The second-order valence-electron chi connectivity index (χ2n) is 7.91. The first kappa shape index (κ1) is 20.2. The summed E-state index contributed by atoms with van der Waals surface area (Å²) in [7, 11) is 2.14. The van der Waals surface area contributed by atoms with Gasteiger partial charge in [0.2, 0.25) is 0 Å². The molecule has 1 N–H and O–H groups in total. The van der Waals surface area contributed by atoms with E-state index in [9.17, 15) is 4.79 Å². The highest BCUT2D eigenvalue weighted by atomic mass is 16.5. The molecule has 8 heteroatoms. The summed E-state index contributed by atoms with van der Waals surface area (Å²) in [5.41, 5.74) is 3.38. The van der Waals surface area contributed by atoms with E-state index in [-0.39, 0.29) is 5.91 Å². The summed E-state index contributed by atoms with van der Waals surface area (Å²) in [5.74, 6) is 2.30. The van der Waals surface area contributed by atoms with Crippen molar-refractivity contribution in [1.82, 2.24) is 24.9 Å². The van der Waals surface area contributed by atoms with Crippen molar-refractivity contribution in [2.24, 2.45) is 0 Å². The number of carbonyl (C=O) groups excluding carboxylic acids is 1. The molecule has 158 valence electrons. The second kappa shape index (κ2) is 8.31.